The summed E-state index contributed by atoms with van der Waals surface area (Å²) >= 11 is 0. The van der Waals surface area contributed by atoms with Gasteiger partial charge in [0.2, 0.25) is 0 Å². The summed E-state index contributed by atoms with van der Waals surface area (Å²) in [7, 11) is 0. The highest BCUT2D eigenvalue weighted by atomic mass is 16.3. The second-order valence-electron chi connectivity index (χ2n) is 25.1. The maximum absolute atomic E-state index is 7.11. The van der Waals surface area contributed by atoms with E-state index in [0.29, 0.717) is 0 Å². The summed E-state index contributed by atoms with van der Waals surface area (Å²) in [4.78, 5) is 4.60. The Labute approximate surface area is 550 Å². The molecule has 16 aromatic carbocycles. The first-order valence-electron chi connectivity index (χ1n) is 32.6. The van der Waals surface area contributed by atoms with E-state index in [9.17, 15) is 0 Å². The van der Waals surface area contributed by atoms with Crippen molar-refractivity contribution in [3.8, 4) is 44.5 Å². The van der Waals surface area contributed by atoms with Gasteiger partial charge in [0.25, 0.3) is 0 Å². The van der Waals surface area contributed by atoms with Crippen LogP contribution in [0.25, 0.3) is 165 Å². The molecule has 0 unspecified atom stereocenters. The van der Waals surface area contributed by atoms with Gasteiger partial charge in [0.1, 0.15) is 44.7 Å². The highest BCUT2D eigenvalue weighted by molar-refractivity contribution is 6.24. The van der Waals surface area contributed by atoms with Gasteiger partial charge < -0.3 is 27.5 Å². The Morgan fingerprint density at radius 2 is 0.469 bits per heavy atom. The van der Waals surface area contributed by atoms with Crippen molar-refractivity contribution >= 4 is 154 Å². The maximum Gasteiger partial charge on any atom is 0.143 e. The fourth-order valence-electron chi connectivity index (χ4n) is 15.0. The number of fused-ring (bicyclic) bond motifs is 19. The van der Waals surface area contributed by atoms with E-state index in [1.54, 1.807) is 0 Å². The third-order valence-corrected chi connectivity index (χ3v) is 19.6. The van der Waals surface area contributed by atoms with Crippen LogP contribution < -0.4 is 9.80 Å². The lowest BCUT2D eigenvalue weighted by Gasteiger charge is -2.25. The molecule has 0 amide bonds. The lowest BCUT2D eigenvalue weighted by molar-refractivity contribution is 0.668. The number of hydrogen-bond donors (Lipinski definition) is 0. The zero-order valence-electron chi connectivity index (χ0n) is 51.7. The molecule has 4 heterocycles. The molecular weight excluding hydrogens is 1170 g/mol. The van der Waals surface area contributed by atoms with Crippen molar-refractivity contribution in [2.75, 3.05) is 9.80 Å². The van der Waals surface area contributed by atoms with Crippen LogP contribution in [0.3, 0.4) is 0 Å². The van der Waals surface area contributed by atoms with E-state index in [4.69, 9.17) is 17.7 Å². The molecule has 6 nitrogen and oxygen atoms in total. The van der Waals surface area contributed by atoms with Crippen molar-refractivity contribution in [3.05, 3.63) is 328 Å². The van der Waals surface area contributed by atoms with Gasteiger partial charge in [-0.1, -0.05) is 182 Å². The number of nitrogens with zero attached hydrogens (tertiary/aromatic N) is 2. The molecule has 0 atom stereocenters. The van der Waals surface area contributed by atoms with Crippen LogP contribution in [0.15, 0.2) is 345 Å². The lowest BCUT2D eigenvalue weighted by atomic mass is 9.99. The first kappa shape index (κ1) is 53.7. The van der Waals surface area contributed by atoms with E-state index in [2.05, 4.69) is 337 Å². The third-order valence-electron chi connectivity index (χ3n) is 19.6. The Bertz CT molecular complexity index is 6120. The van der Waals surface area contributed by atoms with Crippen molar-refractivity contribution < 1.29 is 17.7 Å². The Morgan fingerprint density at radius 1 is 0.167 bits per heavy atom. The average Bonchev–Trinajstić information content (AvgIpc) is 1.57. The standard InChI is InChI=1S/C90H54N2O4/c1-3-13-55(14-4-1)61-19-11-21-63(49-61)57-25-31-65(32-26-57)91(69-37-41-79-85(53-69)93-81-47-29-59-17-7-9-23-71(59)87(79)81)67-35-39-73-75-43-45-78-77(89(75)95-83(73)51-67)46-44-76-74-40-36-68(52-84(74)96-90(76)78)92(66-33-27-58(28-34-66)64-22-12-20-62(50-64)56-15-5-2-6-16-56)70-38-42-80-86(54-70)94-82-48-30-60-18-8-10-24-72(60)88(80)82/h1-54H. The van der Waals surface area contributed by atoms with Crippen LogP contribution in [0.4, 0.5) is 34.1 Å². The normalized spacial score (nSPS) is 12.0. The Kier molecular flexibility index (Phi) is 11.9. The number of hydrogen-bond acceptors (Lipinski definition) is 6. The van der Waals surface area contributed by atoms with E-state index in [-0.39, 0.29) is 0 Å². The minimum atomic E-state index is 0.781. The fourth-order valence-corrected chi connectivity index (χ4v) is 15.0. The number of rotatable bonds is 10. The monoisotopic (exact) mass is 1230 g/mol. The van der Waals surface area contributed by atoms with Gasteiger partial charge in [-0.25, -0.2) is 0 Å². The highest BCUT2D eigenvalue weighted by Crippen LogP contribution is 2.47. The average molecular weight is 1230 g/mol. The first-order chi connectivity index (χ1) is 47.5. The molecule has 0 N–H and O–H groups in total. The van der Waals surface area contributed by atoms with Crippen molar-refractivity contribution in [1.29, 1.82) is 0 Å². The van der Waals surface area contributed by atoms with Crippen LogP contribution in [0.2, 0.25) is 0 Å². The number of benzene rings is 16. The van der Waals surface area contributed by atoms with Gasteiger partial charge in [0, 0.05) is 112 Å². The largest absolute Gasteiger partial charge is 0.456 e. The molecule has 0 saturated heterocycles. The van der Waals surface area contributed by atoms with Gasteiger partial charge in [0.05, 0.1) is 0 Å². The van der Waals surface area contributed by atoms with Crippen molar-refractivity contribution in [2.24, 2.45) is 0 Å². The molecule has 0 saturated carbocycles. The summed E-state index contributed by atoms with van der Waals surface area (Å²) in [5.41, 5.74) is 21.7. The van der Waals surface area contributed by atoms with E-state index in [0.717, 1.165) is 155 Å². The minimum absolute atomic E-state index is 0.781. The van der Waals surface area contributed by atoms with Gasteiger partial charge in [-0.15, -0.1) is 0 Å². The smallest absolute Gasteiger partial charge is 0.143 e. The van der Waals surface area contributed by atoms with E-state index in [1.165, 1.54) is 43.8 Å². The van der Waals surface area contributed by atoms with Crippen molar-refractivity contribution in [1.82, 2.24) is 0 Å². The molecule has 0 bridgehead atoms. The molecule has 96 heavy (non-hydrogen) atoms. The van der Waals surface area contributed by atoms with Gasteiger partial charge in [0.15, 0.2) is 0 Å². The van der Waals surface area contributed by atoms with Crippen LogP contribution in [0.5, 0.6) is 0 Å². The quantitative estimate of drug-likeness (QED) is 0.136. The van der Waals surface area contributed by atoms with Crippen LogP contribution in [-0.4, -0.2) is 0 Å². The van der Waals surface area contributed by atoms with Crippen molar-refractivity contribution in [3.63, 3.8) is 0 Å². The molecule has 0 spiro atoms. The minimum Gasteiger partial charge on any atom is -0.456 e. The number of furan rings is 4. The fraction of sp³-hybridized carbons (Fsp3) is 0. The van der Waals surface area contributed by atoms with Gasteiger partial charge >= 0.3 is 0 Å². The predicted octanol–water partition coefficient (Wildman–Crippen LogP) is 26.4. The zero-order chi connectivity index (χ0) is 63.0. The zero-order valence-corrected chi connectivity index (χ0v) is 51.7. The first-order valence-corrected chi connectivity index (χ1v) is 32.6. The number of anilines is 6. The molecule has 4 aromatic heterocycles. The van der Waals surface area contributed by atoms with Gasteiger partial charge in [-0.3, -0.25) is 0 Å². The van der Waals surface area contributed by atoms with Crippen LogP contribution >= 0.6 is 0 Å². The Hall–Kier alpha value is -12.9. The second kappa shape index (κ2) is 21.3. The van der Waals surface area contributed by atoms with Crippen LogP contribution in [0, 0.1) is 0 Å². The Balaban J connectivity index is 0.690. The topological polar surface area (TPSA) is 59.0 Å². The summed E-state index contributed by atoms with van der Waals surface area (Å²) in [5, 5.41) is 15.2. The molecule has 6 heteroatoms. The van der Waals surface area contributed by atoms with E-state index < -0.39 is 0 Å². The summed E-state index contributed by atoms with van der Waals surface area (Å²) < 4.78 is 27.6. The predicted molar refractivity (Wildman–Crippen MR) is 399 cm³/mol. The lowest BCUT2D eigenvalue weighted by Crippen LogP contribution is -2.09. The van der Waals surface area contributed by atoms with E-state index in [1.807, 2.05) is 0 Å². The van der Waals surface area contributed by atoms with Crippen LogP contribution in [0.1, 0.15) is 0 Å². The summed E-state index contributed by atoms with van der Waals surface area (Å²) in [5.74, 6) is 0. The van der Waals surface area contributed by atoms with Crippen LogP contribution in [-0.2, 0) is 0 Å². The molecule has 448 valence electrons. The summed E-state index contributed by atoms with van der Waals surface area (Å²) in [6, 6.07) is 117. The molecule has 0 aliphatic carbocycles. The summed E-state index contributed by atoms with van der Waals surface area (Å²) in [6.07, 6.45) is 0. The highest BCUT2D eigenvalue weighted by Gasteiger charge is 2.23. The molecule has 0 aliphatic heterocycles. The SMILES string of the molecule is c1ccc(-c2cccc(-c3ccc(N(c4ccc5c(c4)oc4c5ccc5c4ccc4c6ccc(N(c7ccc(-c8cccc(-c9ccccc9)c8)cc7)c7ccc8c(c7)oc7ccc9ccccc9c78)cc6oc45)c4ccc5c(c4)oc4ccc6ccccc6c45)cc3)c2)cc1. The molecule has 20 rings (SSSR count). The van der Waals surface area contributed by atoms with Gasteiger partial charge in [-0.05, 0) is 187 Å². The summed E-state index contributed by atoms with van der Waals surface area (Å²) in [6.45, 7) is 0. The van der Waals surface area contributed by atoms with E-state index >= 15 is 0 Å². The third kappa shape index (κ3) is 8.66. The molecule has 0 aliphatic rings. The molecular formula is C90H54N2O4. The maximum atomic E-state index is 7.11. The van der Waals surface area contributed by atoms with Gasteiger partial charge in [-0.2, -0.15) is 0 Å². The molecule has 0 fully saturated rings. The molecule has 20 aromatic rings. The second-order valence-corrected chi connectivity index (χ2v) is 25.1. The molecule has 0 radical (unpaired) electrons. The van der Waals surface area contributed by atoms with Crippen molar-refractivity contribution in [2.45, 2.75) is 0 Å². The Morgan fingerprint density at radius 3 is 0.865 bits per heavy atom.